The Morgan fingerprint density at radius 1 is 1.07 bits per heavy atom. The molecule has 27 heavy (non-hydrogen) atoms. The Morgan fingerprint density at radius 3 is 2.44 bits per heavy atom. The van der Waals surface area contributed by atoms with Crippen LogP contribution in [0.1, 0.15) is 21.6 Å². The Kier molecular flexibility index (Phi) is 5.66. The molecule has 1 aromatic heterocycles. The maximum atomic E-state index is 11.5. The van der Waals surface area contributed by atoms with Crippen LogP contribution in [0.3, 0.4) is 0 Å². The van der Waals surface area contributed by atoms with E-state index in [1.54, 1.807) is 12.1 Å². The van der Waals surface area contributed by atoms with E-state index in [2.05, 4.69) is 27.4 Å². The summed E-state index contributed by atoms with van der Waals surface area (Å²) in [6, 6.07) is 19.1. The third kappa shape index (κ3) is 4.82. The standard InChI is InChI=1S/C21H22N4O2/c1-15-13-19(23-18-11-9-17(10-12-18)20(26)27-3)24-21(22-15)25(2)14-16-7-5-4-6-8-16/h4-13H,14H2,1-3H3,(H,22,23,24). The lowest BCUT2D eigenvalue weighted by molar-refractivity contribution is 0.0601. The third-order valence-corrected chi connectivity index (χ3v) is 4.02. The number of rotatable bonds is 6. The van der Waals surface area contributed by atoms with Gasteiger partial charge in [0.25, 0.3) is 0 Å². The van der Waals surface area contributed by atoms with E-state index in [1.165, 1.54) is 12.7 Å². The van der Waals surface area contributed by atoms with Crippen LogP contribution >= 0.6 is 0 Å². The van der Waals surface area contributed by atoms with E-state index in [4.69, 9.17) is 4.74 Å². The normalized spacial score (nSPS) is 10.3. The quantitative estimate of drug-likeness (QED) is 0.670. The largest absolute Gasteiger partial charge is 0.465 e. The number of ether oxygens (including phenoxy) is 1. The number of methoxy groups -OCH3 is 1. The molecule has 0 atom stereocenters. The van der Waals surface area contributed by atoms with Crippen LogP contribution in [0.15, 0.2) is 60.7 Å². The van der Waals surface area contributed by atoms with Crippen molar-refractivity contribution in [3.8, 4) is 0 Å². The molecule has 3 rings (SSSR count). The van der Waals surface area contributed by atoms with Crippen molar-refractivity contribution in [2.75, 3.05) is 24.4 Å². The first-order chi connectivity index (χ1) is 13.0. The molecule has 1 N–H and O–H groups in total. The number of aryl methyl sites for hydroxylation is 1. The molecule has 3 aromatic rings. The van der Waals surface area contributed by atoms with Gasteiger partial charge in [-0.2, -0.15) is 4.98 Å². The van der Waals surface area contributed by atoms with Gasteiger partial charge >= 0.3 is 5.97 Å². The zero-order chi connectivity index (χ0) is 19.2. The maximum Gasteiger partial charge on any atom is 0.337 e. The van der Waals surface area contributed by atoms with Gasteiger partial charge in [0.2, 0.25) is 5.95 Å². The van der Waals surface area contributed by atoms with Gasteiger partial charge in [0, 0.05) is 31.0 Å². The molecule has 0 saturated heterocycles. The van der Waals surface area contributed by atoms with Crippen molar-refractivity contribution in [1.82, 2.24) is 9.97 Å². The van der Waals surface area contributed by atoms with Crippen LogP contribution in [-0.4, -0.2) is 30.1 Å². The second-order valence-corrected chi connectivity index (χ2v) is 6.23. The van der Waals surface area contributed by atoms with Crippen LogP contribution in [0.2, 0.25) is 0 Å². The van der Waals surface area contributed by atoms with Crippen LogP contribution in [0.5, 0.6) is 0 Å². The van der Waals surface area contributed by atoms with Crippen LogP contribution < -0.4 is 10.2 Å². The molecular formula is C21H22N4O2. The molecule has 0 aliphatic heterocycles. The summed E-state index contributed by atoms with van der Waals surface area (Å²) in [6.07, 6.45) is 0. The molecule has 1 heterocycles. The second-order valence-electron chi connectivity index (χ2n) is 6.23. The molecular weight excluding hydrogens is 340 g/mol. The Morgan fingerprint density at radius 2 is 1.78 bits per heavy atom. The highest BCUT2D eigenvalue weighted by molar-refractivity contribution is 5.89. The van der Waals surface area contributed by atoms with Crippen LogP contribution in [0.4, 0.5) is 17.5 Å². The third-order valence-electron chi connectivity index (χ3n) is 4.02. The number of carbonyl (C=O) groups is 1. The Balaban J connectivity index is 1.76. The summed E-state index contributed by atoms with van der Waals surface area (Å²) in [5.41, 5.74) is 3.40. The summed E-state index contributed by atoms with van der Waals surface area (Å²) in [5.74, 6) is 0.986. The first-order valence-electron chi connectivity index (χ1n) is 8.61. The minimum atomic E-state index is -0.357. The summed E-state index contributed by atoms with van der Waals surface area (Å²) < 4.78 is 4.72. The van der Waals surface area contributed by atoms with Crippen molar-refractivity contribution in [2.45, 2.75) is 13.5 Å². The van der Waals surface area contributed by atoms with Crippen LogP contribution in [0, 0.1) is 6.92 Å². The lowest BCUT2D eigenvalue weighted by Gasteiger charge is -2.18. The van der Waals surface area contributed by atoms with Gasteiger partial charge in [-0.15, -0.1) is 0 Å². The van der Waals surface area contributed by atoms with Crippen molar-refractivity contribution in [3.05, 3.63) is 77.5 Å². The van der Waals surface area contributed by atoms with E-state index in [9.17, 15) is 4.79 Å². The Hall–Kier alpha value is -3.41. The van der Waals surface area contributed by atoms with E-state index in [1.807, 2.05) is 55.3 Å². The zero-order valence-corrected chi connectivity index (χ0v) is 15.6. The molecule has 0 radical (unpaired) electrons. The number of esters is 1. The summed E-state index contributed by atoms with van der Waals surface area (Å²) in [4.78, 5) is 22.7. The first kappa shape index (κ1) is 18.4. The monoisotopic (exact) mass is 362 g/mol. The number of hydrogen-bond acceptors (Lipinski definition) is 6. The molecule has 138 valence electrons. The highest BCUT2D eigenvalue weighted by Crippen LogP contribution is 2.19. The van der Waals surface area contributed by atoms with Gasteiger partial charge in [0.05, 0.1) is 12.7 Å². The highest BCUT2D eigenvalue weighted by atomic mass is 16.5. The van der Waals surface area contributed by atoms with Crippen molar-refractivity contribution in [3.63, 3.8) is 0 Å². The second kappa shape index (κ2) is 8.31. The van der Waals surface area contributed by atoms with Gasteiger partial charge in [-0.05, 0) is 36.8 Å². The maximum absolute atomic E-state index is 11.5. The number of carbonyl (C=O) groups excluding carboxylic acids is 1. The van der Waals surface area contributed by atoms with E-state index < -0.39 is 0 Å². The predicted molar refractivity (Wildman–Crippen MR) is 106 cm³/mol. The number of aromatic nitrogens is 2. The van der Waals surface area contributed by atoms with E-state index in [0.29, 0.717) is 17.3 Å². The molecule has 0 fully saturated rings. The molecule has 0 saturated carbocycles. The molecule has 0 bridgehead atoms. The number of anilines is 3. The fourth-order valence-electron chi connectivity index (χ4n) is 2.67. The predicted octanol–water partition coefficient (Wildman–Crippen LogP) is 3.95. The van der Waals surface area contributed by atoms with Gasteiger partial charge in [0.1, 0.15) is 5.82 Å². The lowest BCUT2D eigenvalue weighted by Crippen LogP contribution is -2.19. The van der Waals surface area contributed by atoms with Crippen LogP contribution in [-0.2, 0) is 11.3 Å². The summed E-state index contributed by atoms with van der Waals surface area (Å²) in [6.45, 7) is 2.66. The molecule has 6 nitrogen and oxygen atoms in total. The Bertz CT molecular complexity index is 911. The molecule has 6 heteroatoms. The summed E-state index contributed by atoms with van der Waals surface area (Å²) >= 11 is 0. The van der Waals surface area contributed by atoms with Crippen molar-refractivity contribution >= 4 is 23.4 Å². The molecule has 0 unspecified atom stereocenters. The topological polar surface area (TPSA) is 67.3 Å². The highest BCUT2D eigenvalue weighted by Gasteiger charge is 2.09. The molecule has 0 aliphatic carbocycles. The zero-order valence-electron chi connectivity index (χ0n) is 15.6. The van der Waals surface area contributed by atoms with Gasteiger partial charge in [-0.3, -0.25) is 0 Å². The molecule has 2 aromatic carbocycles. The van der Waals surface area contributed by atoms with Gasteiger partial charge in [-0.25, -0.2) is 9.78 Å². The number of hydrogen-bond donors (Lipinski definition) is 1. The molecule has 0 aliphatic rings. The fourth-order valence-corrected chi connectivity index (χ4v) is 2.67. The average molecular weight is 362 g/mol. The van der Waals surface area contributed by atoms with Gasteiger partial charge in [0.15, 0.2) is 0 Å². The van der Waals surface area contributed by atoms with Crippen molar-refractivity contribution in [2.24, 2.45) is 0 Å². The minimum absolute atomic E-state index is 0.357. The van der Waals surface area contributed by atoms with Crippen molar-refractivity contribution in [1.29, 1.82) is 0 Å². The lowest BCUT2D eigenvalue weighted by atomic mass is 10.2. The SMILES string of the molecule is COC(=O)c1ccc(Nc2cc(C)nc(N(C)Cc3ccccc3)n2)cc1. The van der Waals surface area contributed by atoms with Crippen molar-refractivity contribution < 1.29 is 9.53 Å². The van der Waals surface area contributed by atoms with Gasteiger partial charge in [-0.1, -0.05) is 30.3 Å². The Labute approximate surface area is 158 Å². The molecule has 0 spiro atoms. The molecule has 0 amide bonds. The van der Waals surface area contributed by atoms with E-state index in [-0.39, 0.29) is 5.97 Å². The minimum Gasteiger partial charge on any atom is -0.465 e. The first-order valence-corrected chi connectivity index (χ1v) is 8.61. The van der Waals surface area contributed by atoms with Gasteiger partial charge < -0.3 is 15.0 Å². The van der Waals surface area contributed by atoms with Crippen LogP contribution in [0.25, 0.3) is 0 Å². The smallest absolute Gasteiger partial charge is 0.337 e. The fraction of sp³-hybridized carbons (Fsp3) is 0.190. The average Bonchev–Trinajstić information content (AvgIpc) is 2.68. The number of nitrogens with one attached hydrogen (secondary N) is 1. The summed E-state index contributed by atoms with van der Waals surface area (Å²) in [7, 11) is 3.34. The number of benzene rings is 2. The summed E-state index contributed by atoms with van der Waals surface area (Å²) in [5, 5.41) is 3.26. The number of nitrogens with zero attached hydrogens (tertiary/aromatic N) is 3. The van der Waals surface area contributed by atoms with E-state index >= 15 is 0 Å². The van der Waals surface area contributed by atoms with E-state index in [0.717, 1.165) is 17.9 Å².